The Balaban J connectivity index is 1.70. The number of hydrogen-bond acceptors (Lipinski definition) is 3. The second-order valence-electron chi connectivity index (χ2n) is 6.01. The van der Waals surface area contributed by atoms with E-state index in [0.29, 0.717) is 6.04 Å². The Morgan fingerprint density at radius 3 is 2.71 bits per heavy atom. The maximum absolute atomic E-state index is 14.0. The van der Waals surface area contributed by atoms with Gasteiger partial charge in [0.2, 0.25) is 0 Å². The second-order valence-corrected chi connectivity index (χ2v) is 6.42. The molecule has 0 spiro atoms. The van der Waals surface area contributed by atoms with Gasteiger partial charge in [0.25, 0.3) is 0 Å². The molecule has 0 aliphatic carbocycles. The van der Waals surface area contributed by atoms with E-state index in [-0.39, 0.29) is 17.1 Å². The van der Waals surface area contributed by atoms with E-state index in [4.69, 9.17) is 11.6 Å². The van der Waals surface area contributed by atoms with E-state index in [1.54, 1.807) is 0 Å². The summed E-state index contributed by atoms with van der Waals surface area (Å²) in [6.07, 6.45) is 0. The van der Waals surface area contributed by atoms with Gasteiger partial charge in [0.15, 0.2) is 0 Å². The predicted molar refractivity (Wildman–Crippen MR) is 79.5 cm³/mol. The highest BCUT2D eigenvalue weighted by Gasteiger charge is 2.31. The van der Waals surface area contributed by atoms with E-state index in [9.17, 15) is 8.78 Å². The lowest BCUT2D eigenvalue weighted by atomic mass is 10.1. The molecule has 0 aromatic heterocycles. The van der Waals surface area contributed by atoms with Crippen molar-refractivity contribution in [1.29, 1.82) is 0 Å². The molecule has 3 rings (SSSR count). The van der Waals surface area contributed by atoms with E-state index in [2.05, 4.69) is 21.7 Å². The fourth-order valence-electron chi connectivity index (χ4n) is 3.26. The standard InChI is InChI=1S/C15H20ClF2N3/c1-19-4-6-21-7-5-20(9-11(21)8-19)10-12-14(17)3-2-13(16)15(12)18/h2-3,11H,4-10H2,1H3. The van der Waals surface area contributed by atoms with Gasteiger partial charge in [-0.05, 0) is 19.2 Å². The lowest BCUT2D eigenvalue weighted by Crippen LogP contribution is -2.61. The first kappa shape index (κ1) is 15.2. The minimum atomic E-state index is -0.625. The van der Waals surface area contributed by atoms with E-state index >= 15 is 0 Å². The molecule has 0 radical (unpaired) electrons. The highest BCUT2D eigenvalue weighted by atomic mass is 35.5. The molecular formula is C15H20ClF2N3. The highest BCUT2D eigenvalue weighted by molar-refractivity contribution is 6.30. The Bertz CT molecular complexity index is 526. The van der Waals surface area contributed by atoms with Crippen molar-refractivity contribution in [3.05, 3.63) is 34.4 Å². The van der Waals surface area contributed by atoms with Crippen molar-refractivity contribution < 1.29 is 8.78 Å². The molecule has 1 aromatic rings. The summed E-state index contributed by atoms with van der Waals surface area (Å²) >= 11 is 5.76. The van der Waals surface area contributed by atoms with Crippen LogP contribution in [0.15, 0.2) is 12.1 Å². The third-order valence-corrected chi connectivity index (χ3v) is 4.79. The van der Waals surface area contributed by atoms with Crippen molar-refractivity contribution in [3.8, 4) is 0 Å². The highest BCUT2D eigenvalue weighted by Crippen LogP contribution is 2.24. The number of nitrogens with zero attached hydrogens (tertiary/aromatic N) is 3. The number of hydrogen-bond donors (Lipinski definition) is 0. The average Bonchev–Trinajstić information content (AvgIpc) is 2.47. The summed E-state index contributed by atoms with van der Waals surface area (Å²) in [5.41, 5.74) is 0.0834. The molecule has 1 unspecified atom stereocenters. The van der Waals surface area contributed by atoms with E-state index < -0.39 is 11.6 Å². The summed E-state index contributed by atoms with van der Waals surface area (Å²) in [5, 5.41) is -0.0116. The molecular weight excluding hydrogens is 296 g/mol. The Morgan fingerprint density at radius 1 is 1.14 bits per heavy atom. The van der Waals surface area contributed by atoms with Gasteiger partial charge >= 0.3 is 0 Å². The Kier molecular flexibility index (Phi) is 4.45. The molecule has 0 N–H and O–H groups in total. The molecule has 116 valence electrons. The molecule has 3 nitrogen and oxygen atoms in total. The minimum Gasteiger partial charge on any atom is -0.303 e. The van der Waals surface area contributed by atoms with Crippen LogP contribution in [0.4, 0.5) is 8.78 Å². The second kappa shape index (κ2) is 6.16. The summed E-state index contributed by atoms with van der Waals surface area (Å²) in [4.78, 5) is 6.91. The Hall–Kier alpha value is -0.750. The average molecular weight is 316 g/mol. The predicted octanol–water partition coefficient (Wildman–Crippen LogP) is 2.05. The van der Waals surface area contributed by atoms with Crippen LogP contribution >= 0.6 is 11.6 Å². The molecule has 6 heteroatoms. The van der Waals surface area contributed by atoms with Crippen molar-refractivity contribution in [2.24, 2.45) is 0 Å². The molecule has 2 saturated heterocycles. The van der Waals surface area contributed by atoms with Gasteiger partial charge in [-0.1, -0.05) is 11.6 Å². The van der Waals surface area contributed by atoms with E-state index in [1.165, 1.54) is 12.1 Å². The van der Waals surface area contributed by atoms with E-state index in [0.717, 1.165) is 39.3 Å². The quantitative estimate of drug-likeness (QED) is 0.774. The van der Waals surface area contributed by atoms with Gasteiger partial charge in [-0.15, -0.1) is 0 Å². The van der Waals surface area contributed by atoms with Gasteiger partial charge in [0.05, 0.1) is 5.02 Å². The SMILES string of the molecule is CN1CCN2CCN(Cc3c(F)ccc(Cl)c3F)CC2C1. The third kappa shape index (κ3) is 3.21. The van der Waals surface area contributed by atoms with Gasteiger partial charge in [0, 0.05) is 57.4 Å². The van der Waals surface area contributed by atoms with Crippen LogP contribution in [0, 0.1) is 11.6 Å². The van der Waals surface area contributed by atoms with Gasteiger partial charge in [-0.25, -0.2) is 8.78 Å². The normalized spacial score (nSPS) is 25.0. The monoisotopic (exact) mass is 315 g/mol. The van der Waals surface area contributed by atoms with E-state index in [1.807, 2.05) is 0 Å². The molecule has 2 heterocycles. The molecule has 2 fully saturated rings. The fourth-order valence-corrected chi connectivity index (χ4v) is 3.43. The number of likely N-dealkylation sites (N-methyl/N-ethyl adjacent to an activating group) is 1. The largest absolute Gasteiger partial charge is 0.303 e. The minimum absolute atomic E-state index is 0.0116. The number of benzene rings is 1. The third-order valence-electron chi connectivity index (χ3n) is 4.50. The van der Waals surface area contributed by atoms with Crippen molar-refractivity contribution in [1.82, 2.24) is 14.7 Å². The zero-order valence-corrected chi connectivity index (χ0v) is 12.9. The zero-order valence-electron chi connectivity index (χ0n) is 12.2. The van der Waals surface area contributed by atoms with Gasteiger partial charge in [-0.3, -0.25) is 9.80 Å². The molecule has 0 amide bonds. The molecule has 2 aliphatic heterocycles. The van der Waals surface area contributed by atoms with Crippen LogP contribution in [-0.2, 0) is 6.54 Å². The zero-order chi connectivity index (χ0) is 15.0. The first-order valence-electron chi connectivity index (χ1n) is 7.32. The van der Waals surface area contributed by atoms with Crippen LogP contribution in [0.3, 0.4) is 0 Å². The maximum atomic E-state index is 14.0. The fraction of sp³-hybridized carbons (Fsp3) is 0.600. The summed E-state index contributed by atoms with van der Waals surface area (Å²) in [6, 6.07) is 2.96. The van der Waals surface area contributed by atoms with Crippen LogP contribution in [0.2, 0.25) is 5.02 Å². The number of rotatable bonds is 2. The van der Waals surface area contributed by atoms with Crippen molar-refractivity contribution in [3.63, 3.8) is 0 Å². The first-order valence-corrected chi connectivity index (χ1v) is 7.69. The maximum Gasteiger partial charge on any atom is 0.149 e. The van der Waals surface area contributed by atoms with Crippen LogP contribution in [-0.4, -0.2) is 67.1 Å². The van der Waals surface area contributed by atoms with Gasteiger partial charge in [-0.2, -0.15) is 0 Å². The topological polar surface area (TPSA) is 9.72 Å². The van der Waals surface area contributed by atoms with Gasteiger partial charge < -0.3 is 4.90 Å². The van der Waals surface area contributed by atoms with Crippen LogP contribution in [0.25, 0.3) is 0 Å². The van der Waals surface area contributed by atoms with Crippen molar-refractivity contribution in [2.45, 2.75) is 12.6 Å². The summed E-state index contributed by atoms with van der Waals surface area (Å²) in [5.74, 6) is -1.14. The molecule has 1 aromatic carbocycles. The van der Waals surface area contributed by atoms with Crippen LogP contribution in [0.1, 0.15) is 5.56 Å². The van der Waals surface area contributed by atoms with Crippen molar-refractivity contribution >= 4 is 11.6 Å². The summed E-state index contributed by atoms with van der Waals surface area (Å²) in [6.45, 7) is 6.11. The van der Waals surface area contributed by atoms with Crippen LogP contribution < -0.4 is 0 Å². The Labute approximate surface area is 129 Å². The molecule has 0 bridgehead atoms. The summed E-state index contributed by atoms with van der Waals surface area (Å²) in [7, 11) is 2.12. The Morgan fingerprint density at radius 2 is 1.90 bits per heavy atom. The number of piperazine rings is 2. The lowest BCUT2D eigenvalue weighted by molar-refractivity contribution is 0.0168. The lowest BCUT2D eigenvalue weighted by Gasteiger charge is -2.46. The van der Waals surface area contributed by atoms with Gasteiger partial charge in [0.1, 0.15) is 11.6 Å². The first-order chi connectivity index (χ1) is 10.0. The molecule has 1 atom stereocenters. The number of halogens is 3. The number of fused-ring (bicyclic) bond motifs is 1. The summed E-state index contributed by atoms with van der Waals surface area (Å²) < 4.78 is 27.8. The smallest absolute Gasteiger partial charge is 0.149 e. The molecule has 2 aliphatic rings. The molecule has 0 saturated carbocycles. The van der Waals surface area contributed by atoms with Crippen molar-refractivity contribution in [2.75, 3.05) is 46.3 Å². The molecule has 21 heavy (non-hydrogen) atoms. The van der Waals surface area contributed by atoms with Crippen LogP contribution in [0.5, 0.6) is 0 Å².